The predicted molar refractivity (Wildman–Crippen MR) is 87.1 cm³/mol. The number of nitrogens with one attached hydrogen (secondary N) is 1. The molecular formula is C16H12ClNO3S. The molecule has 2 aromatic rings. The Bertz CT molecular complexity index is 731. The largest absolute Gasteiger partial charge is 0.482 e. The molecule has 0 fully saturated rings. The monoisotopic (exact) mass is 333 g/mol. The van der Waals surface area contributed by atoms with Crippen LogP contribution in [-0.4, -0.2) is 24.1 Å². The Morgan fingerprint density at radius 1 is 1.23 bits per heavy atom. The minimum Gasteiger partial charge on any atom is -0.482 e. The molecule has 1 aliphatic heterocycles. The van der Waals surface area contributed by atoms with E-state index in [4.69, 9.17) is 16.3 Å². The average molecular weight is 334 g/mol. The lowest BCUT2D eigenvalue weighted by molar-refractivity contribution is -0.118. The normalized spacial score (nSPS) is 13.0. The number of benzene rings is 2. The van der Waals surface area contributed by atoms with Crippen molar-refractivity contribution in [2.75, 3.05) is 17.7 Å². The summed E-state index contributed by atoms with van der Waals surface area (Å²) < 4.78 is 5.27. The molecule has 1 N–H and O–H groups in total. The molecule has 0 saturated carbocycles. The first-order valence-corrected chi connectivity index (χ1v) is 7.96. The molecule has 112 valence electrons. The van der Waals surface area contributed by atoms with Crippen molar-refractivity contribution in [1.29, 1.82) is 0 Å². The zero-order valence-corrected chi connectivity index (χ0v) is 13.0. The quantitative estimate of drug-likeness (QED) is 0.685. The van der Waals surface area contributed by atoms with Gasteiger partial charge in [-0.1, -0.05) is 11.6 Å². The molecule has 0 bridgehead atoms. The minimum atomic E-state index is -0.215. The van der Waals surface area contributed by atoms with E-state index in [1.54, 1.807) is 30.3 Å². The fourth-order valence-corrected chi connectivity index (χ4v) is 2.94. The maximum Gasteiger partial charge on any atom is 0.262 e. The van der Waals surface area contributed by atoms with Crippen LogP contribution in [0.15, 0.2) is 47.4 Å². The van der Waals surface area contributed by atoms with Crippen molar-refractivity contribution in [3.8, 4) is 5.75 Å². The fourth-order valence-electron chi connectivity index (χ4n) is 2.02. The van der Waals surface area contributed by atoms with Gasteiger partial charge in [0.05, 0.1) is 11.4 Å². The summed E-state index contributed by atoms with van der Waals surface area (Å²) in [5.41, 5.74) is 1.09. The molecule has 22 heavy (non-hydrogen) atoms. The van der Waals surface area contributed by atoms with Gasteiger partial charge < -0.3 is 10.1 Å². The predicted octanol–water partition coefficient (Wildman–Crippen LogP) is 3.65. The van der Waals surface area contributed by atoms with Crippen LogP contribution in [-0.2, 0) is 4.79 Å². The average Bonchev–Trinajstić information content (AvgIpc) is 2.53. The Balaban J connectivity index is 1.68. The van der Waals surface area contributed by atoms with Crippen LogP contribution in [0.5, 0.6) is 5.75 Å². The second kappa shape index (κ2) is 6.42. The van der Waals surface area contributed by atoms with Crippen LogP contribution in [0.1, 0.15) is 10.4 Å². The summed E-state index contributed by atoms with van der Waals surface area (Å²) in [5.74, 6) is 0.673. The minimum absolute atomic E-state index is 0.00666. The third-order valence-corrected chi connectivity index (χ3v) is 4.38. The summed E-state index contributed by atoms with van der Waals surface area (Å²) in [4.78, 5) is 24.5. The van der Waals surface area contributed by atoms with Crippen LogP contribution in [0.4, 0.5) is 5.69 Å². The number of Topliss-reactive ketones (excluding diaryl/α,β-unsaturated/α-hetero) is 1. The number of ether oxygens (including phenoxy) is 1. The van der Waals surface area contributed by atoms with Crippen LogP contribution >= 0.6 is 23.4 Å². The molecule has 1 aliphatic rings. The molecule has 2 aromatic carbocycles. The first-order chi connectivity index (χ1) is 10.6. The third-order valence-electron chi connectivity index (χ3n) is 3.12. The van der Waals surface area contributed by atoms with Gasteiger partial charge in [-0.3, -0.25) is 9.59 Å². The number of thioether (sulfide) groups is 1. The second-order valence-corrected chi connectivity index (χ2v) is 6.20. The topological polar surface area (TPSA) is 55.4 Å². The molecule has 3 rings (SSSR count). The van der Waals surface area contributed by atoms with Gasteiger partial charge in [-0.25, -0.2) is 0 Å². The Labute approximate surface area is 136 Å². The Kier molecular flexibility index (Phi) is 4.36. The molecule has 1 amide bonds. The van der Waals surface area contributed by atoms with Gasteiger partial charge in [0.1, 0.15) is 5.75 Å². The van der Waals surface area contributed by atoms with Crippen molar-refractivity contribution in [3.63, 3.8) is 0 Å². The standard InChI is InChI=1S/C16H12ClNO3S/c17-11-2-4-12(5-3-11)22-9-14(19)10-1-6-15-13(7-10)18-16(20)8-21-15/h1-7H,8-9H2,(H,18,20). The SMILES string of the molecule is O=C1COc2ccc(C(=O)CSc3ccc(Cl)cc3)cc2N1. The summed E-state index contributed by atoms with van der Waals surface area (Å²) >= 11 is 7.27. The number of halogens is 1. The number of ketones is 1. The van der Waals surface area contributed by atoms with Crippen molar-refractivity contribution in [2.45, 2.75) is 4.90 Å². The van der Waals surface area contributed by atoms with Crippen LogP contribution in [0.3, 0.4) is 0 Å². The van der Waals surface area contributed by atoms with E-state index in [1.807, 2.05) is 12.1 Å². The highest BCUT2D eigenvalue weighted by molar-refractivity contribution is 8.00. The van der Waals surface area contributed by atoms with Crippen LogP contribution in [0, 0.1) is 0 Å². The fraction of sp³-hybridized carbons (Fsp3) is 0.125. The molecule has 0 atom stereocenters. The summed E-state index contributed by atoms with van der Waals surface area (Å²) in [6, 6.07) is 12.4. The molecule has 0 saturated heterocycles. The van der Waals surface area contributed by atoms with Crippen LogP contribution in [0.2, 0.25) is 5.02 Å². The number of carbonyl (C=O) groups is 2. The molecule has 0 unspecified atom stereocenters. The molecule has 0 aliphatic carbocycles. The molecule has 0 radical (unpaired) electrons. The van der Waals surface area contributed by atoms with Gasteiger partial charge in [-0.05, 0) is 42.5 Å². The van der Waals surface area contributed by atoms with Gasteiger partial charge in [0.25, 0.3) is 5.91 Å². The highest BCUT2D eigenvalue weighted by Gasteiger charge is 2.17. The van der Waals surface area contributed by atoms with Crippen LogP contribution < -0.4 is 10.1 Å². The molecule has 0 aromatic heterocycles. The van der Waals surface area contributed by atoms with E-state index in [0.717, 1.165) is 4.90 Å². The molecular weight excluding hydrogens is 322 g/mol. The van der Waals surface area contributed by atoms with Gasteiger partial charge in [-0.15, -0.1) is 11.8 Å². The van der Waals surface area contributed by atoms with Gasteiger partial charge >= 0.3 is 0 Å². The molecule has 1 heterocycles. The van der Waals surface area contributed by atoms with E-state index < -0.39 is 0 Å². The number of hydrogen-bond donors (Lipinski definition) is 1. The Morgan fingerprint density at radius 3 is 2.77 bits per heavy atom. The third kappa shape index (κ3) is 3.43. The summed E-state index contributed by atoms with van der Waals surface area (Å²) in [6.07, 6.45) is 0. The lowest BCUT2D eigenvalue weighted by Crippen LogP contribution is -2.25. The van der Waals surface area contributed by atoms with Crippen molar-refractivity contribution < 1.29 is 14.3 Å². The summed E-state index contributed by atoms with van der Waals surface area (Å²) in [6.45, 7) is 0.00666. The number of anilines is 1. The van der Waals surface area contributed by atoms with Crippen molar-refractivity contribution >= 4 is 40.7 Å². The van der Waals surface area contributed by atoms with Crippen molar-refractivity contribution in [3.05, 3.63) is 53.1 Å². The van der Waals surface area contributed by atoms with E-state index in [-0.39, 0.29) is 18.3 Å². The molecule has 6 heteroatoms. The number of rotatable bonds is 4. The smallest absolute Gasteiger partial charge is 0.262 e. The Morgan fingerprint density at radius 2 is 2.00 bits per heavy atom. The van der Waals surface area contributed by atoms with Gasteiger partial charge in [0.2, 0.25) is 0 Å². The lowest BCUT2D eigenvalue weighted by Gasteiger charge is -2.18. The van der Waals surface area contributed by atoms with Crippen molar-refractivity contribution in [2.24, 2.45) is 0 Å². The van der Waals surface area contributed by atoms with Crippen molar-refractivity contribution in [1.82, 2.24) is 0 Å². The molecule has 0 spiro atoms. The van der Waals surface area contributed by atoms with Gasteiger partial charge in [0.15, 0.2) is 12.4 Å². The first kappa shape index (κ1) is 14.9. The van der Waals surface area contributed by atoms with Gasteiger partial charge in [-0.2, -0.15) is 0 Å². The lowest BCUT2D eigenvalue weighted by atomic mass is 10.1. The summed E-state index contributed by atoms with van der Waals surface area (Å²) in [5, 5.41) is 3.37. The van der Waals surface area contributed by atoms with E-state index in [0.29, 0.717) is 27.8 Å². The maximum absolute atomic E-state index is 12.3. The van der Waals surface area contributed by atoms with E-state index >= 15 is 0 Å². The second-order valence-electron chi connectivity index (χ2n) is 4.71. The zero-order chi connectivity index (χ0) is 15.5. The zero-order valence-electron chi connectivity index (χ0n) is 11.5. The number of hydrogen-bond acceptors (Lipinski definition) is 4. The highest BCUT2D eigenvalue weighted by atomic mass is 35.5. The van der Waals surface area contributed by atoms with E-state index in [2.05, 4.69) is 5.32 Å². The number of carbonyl (C=O) groups excluding carboxylic acids is 2. The van der Waals surface area contributed by atoms with Gasteiger partial charge in [0, 0.05) is 15.5 Å². The summed E-state index contributed by atoms with van der Waals surface area (Å²) in [7, 11) is 0. The number of fused-ring (bicyclic) bond motifs is 1. The Hall–Kier alpha value is -1.98. The highest BCUT2D eigenvalue weighted by Crippen LogP contribution is 2.29. The number of amides is 1. The van der Waals surface area contributed by atoms with Crippen LogP contribution in [0.25, 0.3) is 0 Å². The van der Waals surface area contributed by atoms with E-state index in [1.165, 1.54) is 11.8 Å². The van der Waals surface area contributed by atoms with E-state index in [9.17, 15) is 9.59 Å². The molecule has 4 nitrogen and oxygen atoms in total. The first-order valence-electron chi connectivity index (χ1n) is 6.60. The maximum atomic E-state index is 12.3.